The highest BCUT2D eigenvalue weighted by molar-refractivity contribution is 7.13. The monoisotopic (exact) mass is 438 g/mol. The predicted molar refractivity (Wildman–Crippen MR) is 118 cm³/mol. The summed E-state index contributed by atoms with van der Waals surface area (Å²) in [6, 6.07) is 13.2. The topological polar surface area (TPSA) is 86.2 Å². The number of ether oxygens (including phenoxy) is 2. The minimum Gasteiger partial charge on any atom is -0.493 e. The van der Waals surface area contributed by atoms with Gasteiger partial charge in [0.1, 0.15) is 10.7 Å². The first kappa shape index (κ1) is 20.0. The van der Waals surface area contributed by atoms with E-state index in [9.17, 15) is 4.79 Å². The summed E-state index contributed by atoms with van der Waals surface area (Å²) in [6.45, 7) is 0. The zero-order chi connectivity index (χ0) is 20.9. The van der Waals surface area contributed by atoms with E-state index in [0.29, 0.717) is 17.2 Å². The van der Waals surface area contributed by atoms with Gasteiger partial charge in [-0.2, -0.15) is 0 Å². The summed E-state index contributed by atoms with van der Waals surface area (Å²) in [5.41, 5.74) is 4.13. The van der Waals surface area contributed by atoms with Gasteiger partial charge in [0.2, 0.25) is 5.91 Å². The molecule has 2 aromatic heterocycles. The maximum absolute atomic E-state index is 12.4. The summed E-state index contributed by atoms with van der Waals surface area (Å²) < 4.78 is 14.5. The molecule has 2 heterocycles. The van der Waals surface area contributed by atoms with Crippen molar-refractivity contribution in [1.29, 1.82) is 0 Å². The number of hydrogen-bond donors (Lipinski definition) is 1. The lowest BCUT2D eigenvalue weighted by atomic mass is 10.1. The Morgan fingerprint density at radius 2 is 1.77 bits per heavy atom. The van der Waals surface area contributed by atoms with Crippen LogP contribution in [0.5, 0.6) is 11.5 Å². The summed E-state index contributed by atoms with van der Waals surface area (Å²) in [5.74, 6) is 1.18. The Labute approximate surface area is 181 Å². The third kappa shape index (κ3) is 4.47. The Hall–Kier alpha value is -3.30. The van der Waals surface area contributed by atoms with Crippen LogP contribution in [0.15, 0.2) is 53.2 Å². The highest BCUT2D eigenvalue weighted by atomic mass is 32.1. The van der Waals surface area contributed by atoms with Gasteiger partial charge in [0, 0.05) is 27.6 Å². The van der Waals surface area contributed by atoms with Crippen LogP contribution in [-0.2, 0) is 11.2 Å². The third-order valence-corrected chi connectivity index (χ3v) is 5.79. The predicted octanol–water partition coefficient (Wildman–Crippen LogP) is 4.53. The van der Waals surface area contributed by atoms with Gasteiger partial charge in [-0.05, 0) is 41.9 Å². The molecule has 0 radical (unpaired) electrons. The van der Waals surface area contributed by atoms with Gasteiger partial charge in [0.05, 0.1) is 26.3 Å². The van der Waals surface area contributed by atoms with Gasteiger partial charge < -0.3 is 14.8 Å². The van der Waals surface area contributed by atoms with Crippen LogP contribution in [0.2, 0.25) is 0 Å². The molecule has 0 spiro atoms. The first-order chi connectivity index (χ1) is 14.7. The van der Waals surface area contributed by atoms with Crippen molar-refractivity contribution in [2.75, 3.05) is 19.5 Å². The molecular formula is C21H18N4O3S2. The summed E-state index contributed by atoms with van der Waals surface area (Å²) >= 11 is 2.79. The van der Waals surface area contributed by atoms with E-state index >= 15 is 0 Å². The fourth-order valence-electron chi connectivity index (χ4n) is 2.87. The van der Waals surface area contributed by atoms with Crippen LogP contribution in [0, 0.1) is 0 Å². The average Bonchev–Trinajstić information content (AvgIpc) is 3.46. The molecule has 0 aliphatic heterocycles. The number of methoxy groups -OCH3 is 2. The van der Waals surface area contributed by atoms with Gasteiger partial charge >= 0.3 is 0 Å². The van der Waals surface area contributed by atoms with E-state index in [1.807, 2.05) is 53.2 Å². The van der Waals surface area contributed by atoms with Crippen LogP contribution in [0.25, 0.3) is 21.8 Å². The maximum atomic E-state index is 12.4. The number of nitrogens with zero attached hydrogens (tertiary/aromatic N) is 3. The number of hydrogen-bond acceptors (Lipinski definition) is 8. The van der Waals surface area contributed by atoms with E-state index in [2.05, 4.69) is 19.9 Å². The van der Waals surface area contributed by atoms with E-state index in [1.165, 1.54) is 22.9 Å². The van der Waals surface area contributed by atoms with Crippen molar-refractivity contribution in [2.45, 2.75) is 6.42 Å². The van der Waals surface area contributed by atoms with Gasteiger partial charge in [-0.3, -0.25) is 4.79 Å². The second-order valence-corrected chi connectivity index (χ2v) is 7.77. The Morgan fingerprint density at radius 1 is 1.00 bits per heavy atom. The minimum atomic E-state index is -0.123. The van der Waals surface area contributed by atoms with Gasteiger partial charge in [0.25, 0.3) is 0 Å². The van der Waals surface area contributed by atoms with Crippen LogP contribution in [0.1, 0.15) is 5.69 Å². The summed E-state index contributed by atoms with van der Waals surface area (Å²) in [7, 11) is 3.20. The summed E-state index contributed by atoms with van der Waals surface area (Å²) in [5, 5.41) is 11.5. The number of nitrogens with one attached hydrogen (secondary N) is 1. The van der Waals surface area contributed by atoms with E-state index in [1.54, 1.807) is 14.2 Å². The molecule has 1 N–H and O–H groups in total. The second kappa shape index (κ2) is 9.02. The molecule has 0 fully saturated rings. The lowest BCUT2D eigenvalue weighted by Crippen LogP contribution is -2.14. The van der Waals surface area contributed by atoms with Crippen molar-refractivity contribution < 1.29 is 14.3 Å². The highest BCUT2D eigenvalue weighted by Gasteiger charge is 2.12. The molecule has 0 aliphatic rings. The Balaban J connectivity index is 1.40. The third-order valence-electron chi connectivity index (χ3n) is 4.35. The molecule has 0 aliphatic carbocycles. The molecular weight excluding hydrogens is 420 g/mol. The molecule has 0 saturated heterocycles. The number of thiazole rings is 1. The number of aromatic nitrogens is 3. The van der Waals surface area contributed by atoms with Crippen LogP contribution < -0.4 is 14.8 Å². The molecule has 0 saturated carbocycles. The number of carbonyl (C=O) groups is 1. The lowest BCUT2D eigenvalue weighted by Gasteiger charge is -2.08. The number of benzene rings is 2. The molecule has 2 aromatic carbocycles. The van der Waals surface area contributed by atoms with E-state index in [-0.39, 0.29) is 12.3 Å². The zero-order valence-electron chi connectivity index (χ0n) is 16.3. The molecule has 9 heteroatoms. The number of carbonyl (C=O) groups excluding carboxylic acids is 1. The van der Waals surface area contributed by atoms with Crippen LogP contribution in [-0.4, -0.2) is 34.7 Å². The quantitative estimate of drug-likeness (QED) is 0.456. The van der Waals surface area contributed by atoms with Crippen LogP contribution in [0.4, 0.5) is 5.69 Å². The Morgan fingerprint density at radius 3 is 2.47 bits per heavy atom. The van der Waals surface area contributed by atoms with Crippen molar-refractivity contribution >= 4 is 34.5 Å². The van der Waals surface area contributed by atoms with Crippen molar-refractivity contribution in [2.24, 2.45) is 0 Å². The van der Waals surface area contributed by atoms with Crippen molar-refractivity contribution in [3.05, 3.63) is 58.9 Å². The lowest BCUT2D eigenvalue weighted by molar-refractivity contribution is -0.115. The van der Waals surface area contributed by atoms with Gasteiger partial charge in [-0.15, -0.1) is 16.4 Å². The number of rotatable bonds is 7. The normalized spacial score (nSPS) is 10.6. The van der Waals surface area contributed by atoms with Crippen LogP contribution in [0.3, 0.4) is 0 Å². The van der Waals surface area contributed by atoms with Crippen molar-refractivity contribution in [1.82, 2.24) is 14.6 Å². The fourth-order valence-corrected chi connectivity index (χ4v) is 4.16. The molecule has 152 valence electrons. The van der Waals surface area contributed by atoms with Crippen molar-refractivity contribution in [3.63, 3.8) is 0 Å². The smallest absolute Gasteiger partial charge is 0.230 e. The number of anilines is 1. The molecule has 4 rings (SSSR count). The SMILES string of the molecule is COc1ccc(-c2nc(CC(=O)Nc3ccc(-c4csnn4)cc3)cs2)cc1OC. The molecule has 0 unspecified atom stereocenters. The zero-order valence-corrected chi connectivity index (χ0v) is 17.9. The summed E-state index contributed by atoms with van der Waals surface area (Å²) in [6.07, 6.45) is 0.196. The minimum absolute atomic E-state index is 0.123. The number of amides is 1. The second-order valence-electron chi connectivity index (χ2n) is 6.31. The van der Waals surface area contributed by atoms with Gasteiger partial charge in [0.15, 0.2) is 11.5 Å². The highest BCUT2D eigenvalue weighted by Crippen LogP contribution is 2.33. The van der Waals surface area contributed by atoms with Gasteiger partial charge in [-0.25, -0.2) is 4.98 Å². The van der Waals surface area contributed by atoms with Gasteiger partial charge in [-0.1, -0.05) is 16.6 Å². The van der Waals surface area contributed by atoms with E-state index in [4.69, 9.17) is 9.47 Å². The van der Waals surface area contributed by atoms with Crippen molar-refractivity contribution in [3.8, 4) is 33.3 Å². The van der Waals surface area contributed by atoms with E-state index < -0.39 is 0 Å². The first-order valence-electron chi connectivity index (χ1n) is 9.00. The molecule has 0 atom stereocenters. The Kier molecular flexibility index (Phi) is 6.01. The first-order valence-corrected chi connectivity index (χ1v) is 10.7. The largest absolute Gasteiger partial charge is 0.493 e. The average molecular weight is 439 g/mol. The van der Waals surface area contributed by atoms with E-state index in [0.717, 1.165) is 27.5 Å². The standard InChI is InChI=1S/C21H18N4O3S2/c1-27-18-8-5-14(9-19(18)28-2)21-23-16(11-29-21)10-20(26)22-15-6-3-13(4-7-15)17-12-30-25-24-17/h3-9,11-12H,10H2,1-2H3,(H,22,26). The molecule has 0 bridgehead atoms. The summed E-state index contributed by atoms with van der Waals surface area (Å²) in [4.78, 5) is 17.0. The molecule has 4 aromatic rings. The maximum Gasteiger partial charge on any atom is 0.230 e. The molecule has 7 nitrogen and oxygen atoms in total. The fraction of sp³-hybridized carbons (Fsp3) is 0.143. The van der Waals surface area contributed by atoms with Crippen LogP contribution >= 0.6 is 22.9 Å². The molecule has 30 heavy (non-hydrogen) atoms. The Bertz CT molecular complexity index is 1140. The molecule has 1 amide bonds.